The summed E-state index contributed by atoms with van der Waals surface area (Å²) in [4.78, 5) is 42.4. The maximum Gasteiger partial charge on any atom is 0.264 e. The molecule has 1 aliphatic rings. The summed E-state index contributed by atoms with van der Waals surface area (Å²) in [5.74, 6) is 0.00385. The van der Waals surface area contributed by atoms with Gasteiger partial charge in [0.05, 0.1) is 22.6 Å². The molecule has 1 aliphatic heterocycles. The molecule has 30 heavy (non-hydrogen) atoms. The van der Waals surface area contributed by atoms with Crippen molar-refractivity contribution in [1.82, 2.24) is 14.9 Å². The van der Waals surface area contributed by atoms with Gasteiger partial charge in [-0.05, 0) is 43.7 Å². The number of piperidine rings is 1. The minimum atomic E-state index is -0.399. The lowest BCUT2D eigenvalue weighted by atomic mass is 10.0. The van der Waals surface area contributed by atoms with Crippen LogP contribution in [-0.2, 0) is 4.79 Å². The van der Waals surface area contributed by atoms with Crippen LogP contribution in [0.25, 0.3) is 10.9 Å². The number of hydrogen-bond donors (Lipinski definition) is 2. The number of carbonyl (C=O) groups is 2. The van der Waals surface area contributed by atoms with Crippen LogP contribution in [0.3, 0.4) is 0 Å². The van der Waals surface area contributed by atoms with Crippen molar-refractivity contribution >= 4 is 40.0 Å². The van der Waals surface area contributed by atoms with Crippen LogP contribution in [0.1, 0.15) is 35.1 Å². The Kier molecular flexibility index (Phi) is 5.13. The number of rotatable bonds is 3. The van der Waals surface area contributed by atoms with Crippen molar-refractivity contribution in [3.63, 3.8) is 0 Å². The number of nitrogens with zero attached hydrogens (tertiary/aromatic N) is 2. The molecule has 1 fully saturated rings. The first-order valence-corrected chi connectivity index (χ1v) is 9.80. The highest BCUT2D eigenvalue weighted by molar-refractivity contribution is 6.31. The topological polar surface area (TPSA) is 93.1 Å². The van der Waals surface area contributed by atoms with E-state index in [2.05, 4.69) is 22.2 Å². The molecule has 1 aromatic heterocycles. The van der Waals surface area contributed by atoms with Gasteiger partial charge in [0.25, 0.3) is 11.5 Å². The molecule has 4 rings (SSSR count). The third kappa shape index (κ3) is 3.59. The zero-order valence-corrected chi connectivity index (χ0v) is 17.0. The minimum absolute atomic E-state index is 0.120. The van der Waals surface area contributed by atoms with E-state index in [-0.39, 0.29) is 17.4 Å². The van der Waals surface area contributed by atoms with Crippen LogP contribution in [0.15, 0.2) is 59.5 Å². The van der Waals surface area contributed by atoms with E-state index in [1.54, 1.807) is 49.4 Å². The van der Waals surface area contributed by atoms with Gasteiger partial charge < -0.3 is 10.6 Å². The van der Waals surface area contributed by atoms with E-state index in [4.69, 9.17) is 11.6 Å². The lowest BCUT2D eigenvalue weighted by Gasteiger charge is -2.28. The molecule has 1 saturated heterocycles. The van der Waals surface area contributed by atoms with Gasteiger partial charge in [-0.1, -0.05) is 30.3 Å². The molecule has 0 aliphatic carbocycles. The number of aryl methyl sites for hydroxylation is 1. The molecule has 1 unspecified atom stereocenters. The van der Waals surface area contributed by atoms with Gasteiger partial charge in [0.2, 0.25) is 5.91 Å². The van der Waals surface area contributed by atoms with Crippen LogP contribution in [0.2, 0.25) is 5.02 Å². The van der Waals surface area contributed by atoms with Crippen molar-refractivity contribution in [1.29, 1.82) is 0 Å². The Morgan fingerprint density at radius 1 is 1.27 bits per heavy atom. The number of fused-ring (bicyclic) bond motifs is 1. The third-order valence-corrected chi connectivity index (χ3v) is 5.33. The molecule has 3 aromatic rings. The van der Waals surface area contributed by atoms with Gasteiger partial charge >= 0.3 is 0 Å². The highest BCUT2D eigenvalue weighted by Gasteiger charge is 2.27. The molecule has 7 nitrogen and oxygen atoms in total. The first-order valence-electron chi connectivity index (χ1n) is 9.42. The number of nitrogens with one attached hydrogen (secondary N) is 2. The quantitative estimate of drug-likeness (QED) is 0.674. The van der Waals surface area contributed by atoms with Gasteiger partial charge in [-0.15, -0.1) is 0 Å². The van der Waals surface area contributed by atoms with Crippen molar-refractivity contribution in [2.75, 3.05) is 5.32 Å². The zero-order chi connectivity index (χ0) is 21.4. The maximum atomic E-state index is 13.5. The van der Waals surface area contributed by atoms with Gasteiger partial charge in [0.15, 0.2) is 0 Å². The molecule has 0 radical (unpaired) electrons. The standard InChI is InChI=1S/C22H19ClN4O3/c1-12-18(9-10-19(28)24-12)27-13(2)25-16-7-4-8-17(20(16)22(27)30)26-21(29)14-5-3-6-15(23)11-14/h3-8,11,18H,1,9-10H2,2H3,(H,24,28)(H,26,29). The Balaban J connectivity index is 1.80. The van der Waals surface area contributed by atoms with E-state index < -0.39 is 6.04 Å². The number of halogens is 1. The average Bonchev–Trinajstić information content (AvgIpc) is 2.69. The molecule has 2 amide bonds. The molecule has 8 heteroatoms. The number of benzene rings is 2. The van der Waals surface area contributed by atoms with E-state index in [9.17, 15) is 14.4 Å². The zero-order valence-electron chi connectivity index (χ0n) is 16.2. The fourth-order valence-corrected chi connectivity index (χ4v) is 3.89. The maximum absolute atomic E-state index is 13.5. The molecular weight excluding hydrogens is 404 g/mol. The number of anilines is 1. The predicted molar refractivity (Wildman–Crippen MR) is 116 cm³/mol. The molecule has 152 valence electrons. The molecular formula is C22H19ClN4O3. The third-order valence-electron chi connectivity index (χ3n) is 5.10. The second kappa shape index (κ2) is 7.76. The summed E-state index contributed by atoms with van der Waals surface area (Å²) in [5.41, 5.74) is 1.36. The molecule has 1 atom stereocenters. The fraction of sp³-hybridized carbons (Fsp3) is 0.182. The first-order chi connectivity index (χ1) is 14.3. The van der Waals surface area contributed by atoms with E-state index in [1.165, 1.54) is 4.57 Å². The van der Waals surface area contributed by atoms with E-state index >= 15 is 0 Å². The predicted octanol–water partition coefficient (Wildman–Crippen LogP) is 3.58. The number of aromatic nitrogens is 2. The number of allylic oxidation sites excluding steroid dienone is 1. The van der Waals surface area contributed by atoms with E-state index in [0.29, 0.717) is 51.5 Å². The average molecular weight is 423 g/mol. The Labute approximate surface area is 177 Å². The normalized spacial score (nSPS) is 16.4. The Morgan fingerprint density at radius 3 is 2.77 bits per heavy atom. The second-order valence-corrected chi connectivity index (χ2v) is 7.56. The molecule has 0 spiro atoms. The van der Waals surface area contributed by atoms with Gasteiger partial charge in [-0.2, -0.15) is 0 Å². The molecule has 2 N–H and O–H groups in total. The van der Waals surface area contributed by atoms with E-state index in [1.807, 2.05) is 0 Å². The number of amides is 2. The lowest BCUT2D eigenvalue weighted by Crippen LogP contribution is -2.38. The Bertz CT molecular complexity index is 1260. The summed E-state index contributed by atoms with van der Waals surface area (Å²) in [6, 6.07) is 11.3. The summed E-state index contributed by atoms with van der Waals surface area (Å²) in [5, 5.41) is 6.23. The van der Waals surface area contributed by atoms with Crippen LogP contribution in [0, 0.1) is 6.92 Å². The number of carbonyl (C=O) groups excluding carboxylic acids is 2. The molecule has 0 bridgehead atoms. The summed E-state index contributed by atoms with van der Waals surface area (Å²) < 4.78 is 1.53. The second-order valence-electron chi connectivity index (χ2n) is 7.13. The van der Waals surface area contributed by atoms with Crippen LogP contribution >= 0.6 is 11.6 Å². The van der Waals surface area contributed by atoms with Crippen LogP contribution in [0.5, 0.6) is 0 Å². The van der Waals surface area contributed by atoms with E-state index in [0.717, 1.165) is 0 Å². The minimum Gasteiger partial charge on any atom is -0.328 e. The van der Waals surface area contributed by atoms with Crippen molar-refractivity contribution in [3.05, 3.63) is 81.5 Å². The fourth-order valence-electron chi connectivity index (χ4n) is 3.70. The summed E-state index contributed by atoms with van der Waals surface area (Å²) >= 11 is 5.98. The van der Waals surface area contributed by atoms with Crippen molar-refractivity contribution in [2.24, 2.45) is 0 Å². The van der Waals surface area contributed by atoms with Gasteiger partial charge in [-0.3, -0.25) is 19.0 Å². The van der Waals surface area contributed by atoms with Crippen molar-refractivity contribution < 1.29 is 9.59 Å². The van der Waals surface area contributed by atoms with Crippen molar-refractivity contribution in [2.45, 2.75) is 25.8 Å². The van der Waals surface area contributed by atoms with Crippen molar-refractivity contribution in [3.8, 4) is 0 Å². The van der Waals surface area contributed by atoms with Gasteiger partial charge in [0, 0.05) is 22.7 Å². The monoisotopic (exact) mass is 422 g/mol. The first kappa shape index (κ1) is 19.8. The number of hydrogen-bond acceptors (Lipinski definition) is 4. The summed E-state index contributed by atoms with van der Waals surface area (Å²) in [6.07, 6.45) is 0.746. The highest BCUT2D eigenvalue weighted by Crippen LogP contribution is 2.27. The van der Waals surface area contributed by atoms with Gasteiger partial charge in [-0.25, -0.2) is 4.98 Å². The van der Waals surface area contributed by atoms with Crippen LogP contribution < -0.4 is 16.2 Å². The molecule has 2 aromatic carbocycles. The summed E-state index contributed by atoms with van der Waals surface area (Å²) in [7, 11) is 0. The SMILES string of the molecule is C=C1NC(=O)CCC1n1c(C)nc2cccc(NC(=O)c3cccc(Cl)c3)c2c1=O. The Morgan fingerprint density at radius 2 is 2.03 bits per heavy atom. The summed E-state index contributed by atoms with van der Waals surface area (Å²) in [6.45, 7) is 5.64. The van der Waals surface area contributed by atoms with Crippen LogP contribution in [0.4, 0.5) is 5.69 Å². The highest BCUT2D eigenvalue weighted by atomic mass is 35.5. The molecule has 2 heterocycles. The Hall–Kier alpha value is -3.45. The lowest BCUT2D eigenvalue weighted by molar-refractivity contribution is -0.121. The van der Waals surface area contributed by atoms with Gasteiger partial charge in [0.1, 0.15) is 5.82 Å². The van der Waals surface area contributed by atoms with Crippen LogP contribution in [-0.4, -0.2) is 21.4 Å². The largest absolute Gasteiger partial charge is 0.328 e. The smallest absolute Gasteiger partial charge is 0.264 e. The molecule has 0 saturated carbocycles.